The van der Waals surface area contributed by atoms with E-state index in [9.17, 15) is 8.42 Å². The molecule has 0 spiro atoms. The molecule has 1 aliphatic carbocycles. The molecule has 1 aromatic carbocycles. The van der Waals surface area contributed by atoms with E-state index in [-0.39, 0.29) is 23.1 Å². The van der Waals surface area contributed by atoms with E-state index in [1.807, 2.05) is 12.1 Å². The summed E-state index contributed by atoms with van der Waals surface area (Å²) in [5.74, 6) is 0. The Morgan fingerprint density at radius 3 is 2.46 bits per heavy atom. The van der Waals surface area contributed by atoms with Crippen molar-refractivity contribution in [2.24, 2.45) is 0 Å². The smallest absolute Gasteiger partial charge is 0.316 e. The molecule has 1 fully saturated rings. The summed E-state index contributed by atoms with van der Waals surface area (Å²) < 4.78 is 34.4. The van der Waals surface area contributed by atoms with Crippen molar-refractivity contribution in [3.05, 3.63) is 53.9 Å². The number of nitrogens with one attached hydrogen (secondary N) is 1. The van der Waals surface area contributed by atoms with Gasteiger partial charge in [-0.05, 0) is 37.8 Å². The topological polar surface area (TPSA) is 94.1 Å². The number of halogens is 1. The highest BCUT2D eigenvalue weighted by atomic mass is 35.5. The normalized spacial score (nSPS) is 20.2. The number of sulfonamides is 1. The van der Waals surface area contributed by atoms with Crippen LogP contribution in [-0.2, 0) is 10.0 Å². The zero-order valence-electron chi connectivity index (χ0n) is 15.0. The maximum Gasteiger partial charge on any atom is 0.316 e. The fourth-order valence-corrected chi connectivity index (χ4v) is 4.97. The molecule has 0 aliphatic heterocycles. The first kappa shape index (κ1) is 19.0. The highest BCUT2D eigenvalue weighted by Crippen LogP contribution is 2.25. The number of benzene rings is 1. The van der Waals surface area contributed by atoms with Crippen molar-refractivity contribution in [2.45, 2.75) is 42.7 Å². The van der Waals surface area contributed by atoms with Crippen molar-refractivity contribution >= 4 is 32.5 Å². The monoisotopic (exact) mass is 418 g/mol. The van der Waals surface area contributed by atoms with Crippen LogP contribution < -0.4 is 9.46 Å². The SMILES string of the molecule is O=S(=O)(NC1CCC(Oc2ncc(Cl)cn2)CC1)c1cccc2cccnc12. The van der Waals surface area contributed by atoms with Gasteiger partial charge in [0.15, 0.2) is 0 Å². The number of pyridine rings is 1. The molecule has 0 atom stereocenters. The van der Waals surface area contributed by atoms with E-state index >= 15 is 0 Å². The van der Waals surface area contributed by atoms with Crippen molar-refractivity contribution in [1.82, 2.24) is 19.7 Å². The lowest BCUT2D eigenvalue weighted by atomic mass is 9.94. The predicted octanol–water partition coefficient (Wildman–Crippen LogP) is 3.35. The molecule has 0 radical (unpaired) electrons. The van der Waals surface area contributed by atoms with Crippen molar-refractivity contribution < 1.29 is 13.2 Å². The number of fused-ring (bicyclic) bond motifs is 1. The largest absolute Gasteiger partial charge is 0.460 e. The molecule has 0 amide bonds. The van der Waals surface area contributed by atoms with Crippen molar-refractivity contribution in [1.29, 1.82) is 0 Å². The molecule has 3 aromatic rings. The van der Waals surface area contributed by atoms with Crippen molar-refractivity contribution in [3.8, 4) is 6.01 Å². The van der Waals surface area contributed by atoms with Crippen LogP contribution in [0.2, 0.25) is 5.02 Å². The molecule has 146 valence electrons. The zero-order chi connectivity index (χ0) is 19.6. The van der Waals surface area contributed by atoms with Gasteiger partial charge in [0.05, 0.1) is 22.9 Å². The van der Waals surface area contributed by atoms with Gasteiger partial charge in [-0.15, -0.1) is 0 Å². The number of nitrogens with zero attached hydrogens (tertiary/aromatic N) is 3. The molecule has 0 saturated heterocycles. The van der Waals surface area contributed by atoms with Crippen LogP contribution in [0.1, 0.15) is 25.7 Å². The molecule has 9 heteroatoms. The summed E-state index contributed by atoms with van der Waals surface area (Å²) in [6.45, 7) is 0. The average molecular weight is 419 g/mol. The van der Waals surface area contributed by atoms with Gasteiger partial charge < -0.3 is 4.74 Å². The van der Waals surface area contributed by atoms with Crippen molar-refractivity contribution in [3.63, 3.8) is 0 Å². The Labute approximate surface area is 168 Å². The average Bonchev–Trinajstić information content (AvgIpc) is 2.70. The fraction of sp³-hybridized carbons (Fsp3) is 0.316. The Hall–Kier alpha value is -2.29. The molecule has 0 bridgehead atoms. The minimum atomic E-state index is -3.66. The molecular formula is C19H19ClN4O3S. The number of ether oxygens (including phenoxy) is 1. The van der Waals surface area contributed by atoms with E-state index in [0.717, 1.165) is 5.39 Å². The number of para-hydroxylation sites is 1. The highest BCUT2D eigenvalue weighted by Gasteiger charge is 2.28. The Morgan fingerprint density at radius 1 is 1.00 bits per heavy atom. The number of hydrogen-bond acceptors (Lipinski definition) is 6. The van der Waals surface area contributed by atoms with Gasteiger partial charge in [0.25, 0.3) is 0 Å². The minimum absolute atomic E-state index is 0.0406. The van der Waals surface area contributed by atoms with E-state index < -0.39 is 10.0 Å². The minimum Gasteiger partial charge on any atom is -0.460 e. The highest BCUT2D eigenvalue weighted by molar-refractivity contribution is 7.89. The first-order valence-electron chi connectivity index (χ1n) is 9.01. The number of hydrogen-bond donors (Lipinski definition) is 1. The van der Waals surface area contributed by atoms with Crippen LogP contribution in [0, 0.1) is 0 Å². The van der Waals surface area contributed by atoms with Gasteiger partial charge in [-0.25, -0.2) is 23.1 Å². The Balaban J connectivity index is 1.40. The van der Waals surface area contributed by atoms with Crippen molar-refractivity contribution in [2.75, 3.05) is 0 Å². The standard InChI is InChI=1S/C19H19ClN4O3S/c20-14-11-22-19(23-12-14)27-16-8-6-15(7-9-16)24-28(25,26)17-5-1-3-13-4-2-10-21-18(13)17/h1-5,10-12,15-16,24H,6-9H2. The number of aromatic nitrogens is 3. The summed E-state index contributed by atoms with van der Waals surface area (Å²) in [5, 5.41) is 1.25. The van der Waals surface area contributed by atoms with Gasteiger partial charge in [0.2, 0.25) is 10.0 Å². The third kappa shape index (κ3) is 4.24. The maximum atomic E-state index is 12.9. The van der Waals surface area contributed by atoms with E-state index in [0.29, 0.717) is 36.2 Å². The first-order chi connectivity index (χ1) is 13.5. The molecule has 1 saturated carbocycles. The van der Waals surface area contributed by atoms with Crippen LogP contribution >= 0.6 is 11.6 Å². The molecule has 4 rings (SSSR count). The second-order valence-corrected chi connectivity index (χ2v) is 8.85. The van der Waals surface area contributed by atoms with Gasteiger partial charge in [0, 0.05) is 17.6 Å². The quantitative estimate of drug-likeness (QED) is 0.682. The van der Waals surface area contributed by atoms with E-state index in [1.165, 1.54) is 12.4 Å². The Bertz CT molecular complexity index is 1060. The lowest BCUT2D eigenvalue weighted by Gasteiger charge is -2.28. The first-order valence-corrected chi connectivity index (χ1v) is 10.9. The Morgan fingerprint density at radius 2 is 1.71 bits per heavy atom. The summed E-state index contributed by atoms with van der Waals surface area (Å²) in [7, 11) is -3.66. The molecule has 7 nitrogen and oxygen atoms in total. The summed E-state index contributed by atoms with van der Waals surface area (Å²) in [6.07, 6.45) is 7.32. The van der Waals surface area contributed by atoms with Gasteiger partial charge >= 0.3 is 6.01 Å². The fourth-order valence-electron chi connectivity index (χ4n) is 3.38. The summed E-state index contributed by atoms with van der Waals surface area (Å²) in [5.41, 5.74) is 0.481. The second kappa shape index (κ2) is 7.98. The molecule has 1 N–H and O–H groups in total. The summed E-state index contributed by atoms with van der Waals surface area (Å²) >= 11 is 5.77. The van der Waals surface area contributed by atoms with Crippen LogP contribution in [0.15, 0.2) is 53.8 Å². The lowest BCUT2D eigenvalue weighted by Crippen LogP contribution is -2.39. The van der Waals surface area contributed by atoms with Crippen LogP contribution in [0.3, 0.4) is 0 Å². The lowest BCUT2D eigenvalue weighted by molar-refractivity contribution is 0.132. The maximum absolute atomic E-state index is 12.9. The molecular weight excluding hydrogens is 400 g/mol. The Kier molecular flexibility index (Phi) is 5.43. The molecule has 2 aromatic heterocycles. The van der Waals surface area contributed by atoms with Crippen LogP contribution in [0.4, 0.5) is 0 Å². The predicted molar refractivity (Wildman–Crippen MR) is 106 cm³/mol. The third-order valence-electron chi connectivity index (χ3n) is 4.75. The van der Waals surface area contributed by atoms with E-state index in [4.69, 9.17) is 16.3 Å². The zero-order valence-corrected chi connectivity index (χ0v) is 16.5. The van der Waals surface area contributed by atoms with Crippen LogP contribution in [0.25, 0.3) is 10.9 Å². The van der Waals surface area contributed by atoms with Gasteiger partial charge in [-0.3, -0.25) is 4.98 Å². The van der Waals surface area contributed by atoms with Gasteiger partial charge in [-0.2, -0.15) is 0 Å². The summed E-state index contributed by atoms with van der Waals surface area (Å²) in [4.78, 5) is 12.5. The van der Waals surface area contributed by atoms with Crippen LogP contribution in [0.5, 0.6) is 6.01 Å². The molecule has 0 unspecified atom stereocenters. The second-order valence-electron chi connectivity index (χ2n) is 6.73. The van der Waals surface area contributed by atoms with Gasteiger partial charge in [0.1, 0.15) is 11.0 Å². The molecule has 1 aliphatic rings. The van der Waals surface area contributed by atoms with E-state index in [1.54, 1.807) is 24.4 Å². The molecule has 28 heavy (non-hydrogen) atoms. The third-order valence-corrected chi connectivity index (χ3v) is 6.50. The molecule has 2 heterocycles. The van der Waals surface area contributed by atoms with E-state index in [2.05, 4.69) is 19.7 Å². The number of rotatable bonds is 5. The van der Waals surface area contributed by atoms with Crippen LogP contribution in [-0.4, -0.2) is 35.5 Å². The summed E-state index contributed by atoms with van der Waals surface area (Å²) in [6, 6.07) is 8.95. The van der Waals surface area contributed by atoms with Gasteiger partial charge in [-0.1, -0.05) is 29.8 Å².